The van der Waals surface area contributed by atoms with Gasteiger partial charge in [0.2, 0.25) is 17.7 Å². The molecule has 0 heterocycles. The minimum Gasteiger partial charge on any atom is -0.508 e. The van der Waals surface area contributed by atoms with Crippen LogP contribution in [0.5, 0.6) is 5.75 Å². The van der Waals surface area contributed by atoms with E-state index >= 15 is 0 Å². The van der Waals surface area contributed by atoms with E-state index in [1.165, 1.54) is 12.1 Å². The molecule has 5 N–H and O–H groups in total. The van der Waals surface area contributed by atoms with Gasteiger partial charge in [-0.2, -0.15) is 0 Å². The second-order valence-electron chi connectivity index (χ2n) is 9.36. The number of nitrogens with zero attached hydrogens (tertiary/aromatic N) is 1. The summed E-state index contributed by atoms with van der Waals surface area (Å²) in [5.41, 5.74) is 4.56. The van der Waals surface area contributed by atoms with Crippen molar-refractivity contribution in [1.29, 1.82) is 0 Å². The number of phenols is 1. The number of hydrogen-bond acceptors (Lipinski definition) is 8. The number of nitrogens with two attached hydrogens (primary N) is 1. The van der Waals surface area contributed by atoms with Gasteiger partial charge in [0.25, 0.3) is 0 Å². The molecule has 1 aromatic carbocycles. The first-order valence-corrected chi connectivity index (χ1v) is 12.0. The quantitative estimate of drug-likeness (QED) is 0.222. The van der Waals surface area contributed by atoms with E-state index < -0.39 is 60.4 Å². The molecular weight excluding hydrogens is 484 g/mol. The number of aromatic hydroxyl groups is 1. The Labute approximate surface area is 216 Å². The zero-order chi connectivity index (χ0) is 28.2. The maximum absolute atomic E-state index is 13.8. The van der Waals surface area contributed by atoms with Gasteiger partial charge in [0.05, 0.1) is 13.5 Å². The molecule has 0 spiro atoms. The van der Waals surface area contributed by atoms with E-state index in [2.05, 4.69) is 15.4 Å². The number of ether oxygens (including phenoxy) is 2. The Morgan fingerprint density at radius 1 is 1.11 bits per heavy atom. The van der Waals surface area contributed by atoms with Gasteiger partial charge in [-0.05, 0) is 33.3 Å². The fourth-order valence-corrected chi connectivity index (χ4v) is 3.45. The average molecular weight is 523 g/mol. The van der Waals surface area contributed by atoms with E-state index in [-0.39, 0.29) is 17.9 Å². The van der Waals surface area contributed by atoms with Gasteiger partial charge in [0.1, 0.15) is 30.0 Å². The highest BCUT2D eigenvalue weighted by molar-refractivity contribution is 5.95. The third-order valence-corrected chi connectivity index (χ3v) is 5.11. The molecule has 0 aliphatic carbocycles. The average Bonchev–Trinajstić information content (AvgIpc) is 2.80. The molecule has 1 rings (SSSR count). The molecule has 206 valence electrons. The van der Waals surface area contributed by atoms with E-state index in [0.29, 0.717) is 12.8 Å². The molecule has 0 aromatic heterocycles. The van der Waals surface area contributed by atoms with E-state index in [1.807, 2.05) is 6.92 Å². The van der Waals surface area contributed by atoms with Crippen LogP contribution in [0.2, 0.25) is 0 Å². The number of nitrogens with one attached hydrogen (secondary N) is 2. The molecule has 0 saturated carbocycles. The zero-order valence-electron chi connectivity index (χ0n) is 22.0. The number of methoxy groups -OCH3 is 1. The zero-order valence-corrected chi connectivity index (χ0v) is 22.0. The van der Waals surface area contributed by atoms with Gasteiger partial charge >= 0.3 is 12.1 Å². The number of phenolic OH excluding ortho intramolecular Hbond substituents is 1. The molecule has 0 saturated heterocycles. The first kappa shape index (κ1) is 31.2. The van der Waals surface area contributed by atoms with Crippen molar-refractivity contribution in [1.82, 2.24) is 15.5 Å². The van der Waals surface area contributed by atoms with Gasteiger partial charge in [-0.15, -0.1) is 0 Å². The third kappa shape index (κ3) is 10.8. The van der Waals surface area contributed by atoms with Crippen LogP contribution in [-0.2, 0) is 28.7 Å². The summed E-state index contributed by atoms with van der Waals surface area (Å²) in [6, 6.07) is 3.09. The number of primary amides is 1. The summed E-state index contributed by atoms with van der Waals surface area (Å²) in [5, 5.41) is 15.3. The van der Waals surface area contributed by atoms with E-state index in [0.717, 1.165) is 18.4 Å². The van der Waals surface area contributed by atoms with Crippen molar-refractivity contribution in [3.05, 3.63) is 29.8 Å². The molecule has 0 aliphatic rings. The van der Waals surface area contributed by atoms with Crippen LogP contribution in [0.4, 0.5) is 4.79 Å². The number of carbonyl (C=O) groups is 5. The van der Waals surface area contributed by atoms with Crippen molar-refractivity contribution in [3.8, 4) is 5.75 Å². The summed E-state index contributed by atoms with van der Waals surface area (Å²) in [6.45, 7) is 6.42. The lowest BCUT2D eigenvalue weighted by Gasteiger charge is -2.34. The van der Waals surface area contributed by atoms with Crippen LogP contribution in [0.15, 0.2) is 24.3 Å². The predicted molar refractivity (Wildman–Crippen MR) is 134 cm³/mol. The van der Waals surface area contributed by atoms with Gasteiger partial charge in [-0.3, -0.25) is 19.2 Å². The summed E-state index contributed by atoms with van der Waals surface area (Å²) >= 11 is 0. The smallest absolute Gasteiger partial charge is 0.408 e. The summed E-state index contributed by atoms with van der Waals surface area (Å²) in [4.78, 5) is 64.2. The van der Waals surface area contributed by atoms with Crippen LogP contribution in [0, 0.1) is 0 Å². The van der Waals surface area contributed by atoms with Crippen molar-refractivity contribution < 1.29 is 38.6 Å². The van der Waals surface area contributed by atoms with Gasteiger partial charge in [0.15, 0.2) is 0 Å². The Bertz CT molecular complexity index is 960. The Balaban J connectivity index is 3.50. The number of carbonyl (C=O) groups excluding carboxylic acids is 5. The number of rotatable bonds is 13. The fourth-order valence-electron chi connectivity index (χ4n) is 3.45. The van der Waals surface area contributed by atoms with Crippen LogP contribution in [0.3, 0.4) is 0 Å². The largest absolute Gasteiger partial charge is 0.508 e. The van der Waals surface area contributed by atoms with E-state index in [4.69, 9.17) is 10.5 Å². The lowest BCUT2D eigenvalue weighted by Crippen LogP contribution is -2.54. The Kier molecular flexibility index (Phi) is 12.4. The standard InChI is InChI=1S/C25H38N4O8/c1-6-7-10-13-29(23(34)17(14-19(26)31)28-24(35)37-25(2,3)4)21(16-11-8-9-12-18(16)30)22(33)27-15-20(32)36-5/h8-9,11-12,17,21,30H,6-7,10,13-15H2,1-5H3,(H2,26,31)(H,27,33)(H,28,35). The Morgan fingerprint density at radius 3 is 2.30 bits per heavy atom. The molecule has 1 aromatic rings. The van der Waals surface area contributed by atoms with E-state index in [1.54, 1.807) is 32.9 Å². The molecular formula is C25H38N4O8. The van der Waals surface area contributed by atoms with E-state index in [9.17, 15) is 29.1 Å². The molecule has 2 unspecified atom stereocenters. The lowest BCUT2D eigenvalue weighted by atomic mass is 10.0. The summed E-state index contributed by atoms with van der Waals surface area (Å²) in [5.74, 6) is -3.40. The maximum Gasteiger partial charge on any atom is 0.408 e. The highest BCUT2D eigenvalue weighted by Crippen LogP contribution is 2.30. The van der Waals surface area contributed by atoms with Gasteiger partial charge in [0, 0.05) is 12.1 Å². The van der Waals surface area contributed by atoms with Crippen LogP contribution in [0.1, 0.15) is 65.0 Å². The van der Waals surface area contributed by atoms with Gasteiger partial charge in [-0.1, -0.05) is 38.0 Å². The third-order valence-electron chi connectivity index (χ3n) is 5.11. The van der Waals surface area contributed by atoms with Crippen molar-refractivity contribution in [2.75, 3.05) is 20.2 Å². The second-order valence-corrected chi connectivity index (χ2v) is 9.36. The number of amides is 4. The minimum atomic E-state index is -1.45. The van der Waals surface area contributed by atoms with Crippen molar-refractivity contribution >= 4 is 29.8 Å². The number of unbranched alkanes of at least 4 members (excludes halogenated alkanes) is 2. The molecule has 37 heavy (non-hydrogen) atoms. The number of esters is 1. The molecule has 0 bridgehead atoms. The molecule has 0 aliphatic heterocycles. The summed E-state index contributed by atoms with van der Waals surface area (Å²) < 4.78 is 9.79. The molecule has 2 atom stereocenters. The fraction of sp³-hybridized carbons (Fsp3) is 0.560. The maximum atomic E-state index is 13.8. The molecule has 0 radical (unpaired) electrons. The van der Waals surface area contributed by atoms with Gasteiger partial charge in [-0.25, -0.2) is 4.79 Å². The van der Waals surface area contributed by atoms with Crippen LogP contribution >= 0.6 is 0 Å². The van der Waals surface area contributed by atoms with Gasteiger partial charge < -0.3 is 35.8 Å². The first-order valence-electron chi connectivity index (χ1n) is 12.0. The predicted octanol–water partition coefficient (Wildman–Crippen LogP) is 1.51. The van der Waals surface area contributed by atoms with Crippen molar-refractivity contribution in [2.45, 2.75) is 71.1 Å². The highest BCUT2D eigenvalue weighted by Gasteiger charge is 2.37. The SMILES string of the molecule is CCCCCN(C(=O)C(CC(N)=O)NC(=O)OC(C)(C)C)C(C(=O)NCC(=O)OC)c1ccccc1O. The number of benzene rings is 1. The monoisotopic (exact) mass is 522 g/mol. The molecule has 0 fully saturated rings. The van der Waals surface area contributed by atoms with Crippen LogP contribution in [-0.4, -0.2) is 71.6 Å². The Morgan fingerprint density at radius 2 is 1.76 bits per heavy atom. The number of hydrogen-bond donors (Lipinski definition) is 4. The second kappa shape index (κ2) is 14.7. The molecule has 12 nitrogen and oxygen atoms in total. The highest BCUT2D eigenvalue weighted by atomic mass is 16.6. The topological polar surface area (TPSA) is 177 Å². The number of para-hydroxylation sites is 1. The minimum absolute atomic E-state index is 0.0442. The molecule has 4 amide bonds. The summed E-state index contributed by atoms with van der Waals surface area (Å²) in [6.07, 6.45) is 0.487. The molecule has 12 heteroatoms. The summed E-state index contributed by atoms with van der Waals surface area (Å²) in [7, 11) is 1.16. The van der Waals surface area contributed by atoms with Crippen LogP contribution < -0.4 is 16.4 Å². The first-order chi connectivity index (χ1) is 17.3. The van der Waals surface area contributed by atoms with Crippen molar-refractivity contribution in [2.24, 2.45) is 5.73 Å². The van der Waals surface area contributed by atoms with Crippen molar-refractivity contribution in [3.63, 3.8) is 0 Å². The Hall–Kier alpha value is -3.83. The van der Waals surface area contributed by atoms with Crippen LogP contribution in [0.25, 0.3) is 0 Å². The normalized spacial score (nSPS) is 12.6. The number of alkyl carbamates (subject to hydrolysis) is 1. The lowest BCUT2D eigenvalue weighted by molar-refractivity contribution is -0.145.